The maximum Gasteiger partial charge on any atom is 0.253 e. The van der Waals surface area contributed by atoms with Gasteiger partial charge in [-0.3, -0.25) is 4.79 Å². The SMILES string of the molecule is O=C(c1ccccc1)N1CCC(CNc2ncnc3ccc(Br)cc23)CC1. The highest BCUT2D eigenvalue weighted by Crippen LogP contribution is 2.25. The van der Waals surface area contributed by atoms with Gasteiger partial charge in [0.05, 0.1) is 5.52 Å². The monoisotopic (exact) mass is 424 g/mol. The lowest BCUT2D eigenvalue weighted by molar-refractivity contribution is 0.0695. The minimum Gasteiger partial charge on any atom is -0.369 e. The molecular formula is C21H21BrN4O. The molecule has 2 heterocycles. The van der Waals surface area contributed by atoms with Gasteiger partial charge in [-0.2, -0.15) is 0 Å². The van der Waals surface area contributed by atoms with Crippen LogP contribution in [-0.4, -0.2) is 40.4 Å². The Morgan fingerprint density at radius 1 is 1.11 bits per heavy atom. The number of hydrogen-bond acceptors (Lipinski definition) is 4. The summed E-state index contributed by atoms with van der Waals surface area (Å²) in [6.45, 7) is 2.46. The third-order valence-electron chi connectivity index (χ3n) is 5.08. The molecule has 1 N–H and O–H groups in total. The van der Waals surface area contributed by atoms with Crippen LogP contribution in [0.4, 0.5) is 5.82 Å². The van der Waals surface area contributed by atoms with E-state index < -0.39 is 0 Å². The van der Waals surface area contributed by atoms with Crippen LogP contribution in [0.3, 0.4) is 0 Å². The van der Waals surface area contributed by atoms with Gasteiger partial charge < -0.3 is 10.2 Å². The first-order valence-electron chi connectivity index (χ1n) is 9.19. The molecule has 1 aliphatic rings. The van der Waals surface area contributed by atoms with Crippen molar-refractivity contribution >= 4 is 38.6 Å². The van der Waals surface area contributed by atoms with Gasteiger partial charge >= 0.3 is 0 Å². The number of aromatic nitrogens is 2. The van der Waals surface area contributed by atoms with Crippen LogP contribution in [0.1, 0.15) is 23.2 Å². The van der Waals surface area contributed by atoms with Crippen LogP contribution in [-0.2, 0) is 0 Å². The van der Waals surface area contributed by atoms with E-state index in [4.69, 9.17) is 0 Å². The van der Waals surface area contributed by atoms with E-state index in [1.165, 1.54) is 0 Å². The molecule has 1 fully saturated rings. The number of nitrogens with zero attached hydrogens (tertiary/aromatic N) is 3. The van der Waals surface area contributed by atoms with Crippen molar-refractivity contribution in [1.82, 2.24) is 14.9 Å². The van der Waals surface area contributed by atoms with Gasteiger partial charge in [0.25, 0.3) is 5.91 Å². The van der Waals surface area contributed by atoms with Crippen LogP contribution in [0, 0.1) is 5.92 Å². The molecule has 0 aliphatic carbocycles. The lowest BCUT2D eigenvalue weighted by Crippen LogP contribution is -2.39. The number of carbonyl (C=O) groups is 1. The minimum atomic E-state index is 0.133. The number of halogens is 1. The van der Waals surface area contributed by atoms with Crippen molar-refractivity contribution < 1.29 is 4.79 Å². The smallest absolute Gasteiger partial charge is 0.253 e. The van der Waals surface area contributed by atoms with Crippen LogP contribution in [0.15, 0.2) is 59.3 Å². The zero-order chi connectivity index (χ0) is 18.6. The zero-order valence-electron chi connectivity index (χ0n) is 14.9. The molecular weight excluding hydrogens is 404 g/mol. The van der Waals surface area contributed by atoms with Gasteiger partial charge in [0.2, 0.25) is 0 Å². The van der Waals surface area contributed by atoms with Gasteiger partial charge in [0.15, 0.2) is 0 Å². The summed E-state index contributed by atoms with van der Waals surface area (Å²) in [6.07, 6.45) is 3.59. The van der Waals surface area contributed by atoms with E-state index in [-0.39, 0.29) is 5.91 Å². The summed E-state index contributed by atoms with van der Waals surface area (Å²) in [6, 6.07) is 15.5. The van der Waals surface area contributed by atoms with Gasteiger partial charge in [0.1, 0.15) is 12.1 Å². The van der Waals surface area contributed by atoms with E-state index in [9.17, 15) is 4.79 Å². The minimum absolute atomic E-state index is 0.133. The third-order valence-corrected chi connectivity index (χ3v) is 5.57. The number of hydrogen-bond donors (Lipinski definition) is 1. The fourth-order valence-corrected chi connectivity index (χ4v) is 3.88. The predicted molar refractivity (Wildman–Crippen MR) is 111 cm³/mol. The first kappa shape index (κ1) is 17.9. The highest BCUT2D eigenvalue weighted by atomic mass is 79.9. The van der Waals surface area contributed by atoms with Crippen LogP contribution < -0.4 is 5.32 Å². The van der Waals surface area contributed by atoms with E-state index in [2.05, 4.69) is 31.2 Å². The number of anilines is 1. The van der Waals surface area contributed by atoms with Crippen molar-refractivity contribution in [2.45, 2.75) is 12.8 Å². The second-order valence-corrected chi connectivity index (χ2v) is 7.78. The number of benzene rings is 2. The topological polar surface area (TPSA) is 58.1 Å². The quantitative estimate of drug-likeness (QED) is 0.675. The second-order valence-electron chi connectivity index (χ2n) is 6.87. The summed E-state index contributed by atoms with van der Waals surface area (Å²) >= 11 is 3.51. The Morgan fingerprint density at radius 2 is 1.89 bits per heavy atom. The van der Waals surface area contributed by atoms with Gasteiger partial charge in [-0.25, -0.2) is 9.97 Å². The molecule has 0 radical (unpaired) electrons. The van der Waals surface area contributed by atoms with E-state index in [1.54, 1.807) is 6.33 Å². The number of fused-ring (bicyclic) bond motifs is 1. The molecule has 1 aromatic heterocycles. The van der Waals surface area contributed by atoms with Crippen LogP contribution >= 0.6 is 15.9 Å². The molecule has 2 aromatic carbocycles. The maximum absolute atomic E-state index is 12.6. The summed E-state index contributed by atoms with van der Waals surface area (Å²) < 4.78 is 1.01. The molecule has 1 aliphatic heterocycles. The summed E-state index contributed by atoms with van der Waals surface area (Å²) in [5.74, 6) is 1.53. The van der Waals surface area contributed by atoms with Gasteiger partial charge in [-0.05, 0) is 49.1 Å². The van der Waals surface area contributed by atoms with Gasteiger partial charge in [-0.15, -0.1) is 0 Å². The van der Waals surface area contributed by atoms with Crippen LogP contribution in [0.2, 0.25) is 0 Å². The largest absolute Gasteiger partial charge is 0.369 e. The average Bonchev–Trinajstić information content (AvgIpc) is 2.73. The normalized spacial score (nSPS) is 15.1. The molecule has 0 bridgehead atoms. The van der Waals surface area contributed by atoms with Crippen LogP contribution in [0.25, 0.3) is 10.9 Å². The Labute approximate surface area is 166 Å². The molecule has 4 rings (SSSR count). The van der Waals surface area contributed by atoms with E-state index >= 15 is 0 Å². The lowest BCUT2D eigenvalue weighted by atomic mass is 9.96. The van der Waals surface area contributed by atoms with Crippen molar-refractivity contribution in [2.24, 2.45) is 5.92 Å². The number of carbonyl (C=O) groups excluding carboxylic acids is 1. The standard InChI is InChI=1S/C21H21BrN4O/c22-17-6-7-19-18(12-17)20(25-14-24-19)23-13-15-8-10-26(11-9-15)21(27)16-4-2-1-3-5-16/h1-7,12,14-15H,8-11,13H2,(H,23,24,25). The van der Waals surface area contributed by atoms with Gasteiger partial charge in [0, 0.05) is 35.1 Å². The predicted octanol–water partition coefficient (Wildman–Crippen LogP) is 4.36. The first-order chi connectivity index (χ1) is 13.2. The molecule has 0 spiro atoms. The Balaban J connectivity index is 1.35. The summed E-state index contributed by atoms with van der Waals surface area (Å²) in [5, 5.41) is 4.50. The summed E-state index contributed by atoms with van der Waals surface area (Å²) in [5.41, 5.74) is 1.70. The Morgan fingerprint density at radius 3 is 2.67 bits per heavy atom. The number of rotatable bonds is 4. The van der Waals surface area contributed by atoms with Gasteiger partial charge in [-0.1, -0.05) is 34.1 Å². The molecule has 0 atom stereocenters. The number of nitrogens with one attached hydrogen (secondary N) is 1. The Hall–Kier alpha value is -2.47. The first-order valence-corrected chi connectivity index (χ1v) is 9.98. The highest BCUT2D eigenvalue weighted by molar-refractivity contribution is 9.10. The number of amides is 1. The van der Waals surface area contributed by atoms with Crippen molar-refractivity contribution in [3.63, 3.8) is 0 Å². The number of piperidine rings is 1. The van der Waals surface area contributed by atoms with E-state index in [1.807, 2.05) is 53.4 Å². The fourth-order valence-electron chi connectivity index (χ4n) is 3.51. The van der Waals surface area contributed by atoms with E-state index in [0.29, 0.717) is 5.92 Å². The Bertz CT molecular complexity index is 939. The molecule has 5 nitrogen and oxygen atoms in total. The molecule has 3 aromatic rings. The van der Waals surface area contributed by atoms with Crippen LogP contribution in [0.5, 0.6) is 0 Å². The Kier molecular flexibility index (Phi) is 5.34. The fraction of sp³-hybridized carbons (Fsp3) is 0.286. The maximum atomic E-state index is 12.6. The summed E-state index contributed by atoms with van der Waals surface area (Å²) in [7, 11) is 0. The molecule has 0 unspecified atom stereocenters. The van der Waals surface area contributed by atoms with Crippen molar-refractivity contribution in [1.29, 1.82) is 0 Å². The molecule has 6 heteroatoms. The molecule has 1 amide bonds. The number of likely N-dealkylation sites (tertiary alicyclic amines) is 1. The molecule has 0 saturated carbocycles. The molecule has 1 saturated heterocycles. The second kappa shape index (κ2) is 8.05. The average molecular weight is 425 g/mol. The third kappa shape index (κ3) is 4.11. The highest BCUT2D eigenvalue weighted by Gasteiger charge is 2.23. The zero-order valence-corrected chi connectivity index (χ0v) is 16.5. The van der Waals surface area contributed by atoms with Crippen molar-refractivity contribution in [3.05, 3.63) is 64.9 Å². The van der Waals surface area contributed by atoms with Crippen molar-refractivity contribution in [3.8, 4) is 0 Å². The molecule has 27 heavy (non-hydrogen) atoms. The lowest BCUT2D eigenvalue weighted by Gasteiger charge is -2.32. The van der Waals surface area contributed by atoms with Crippen molar-refractivity contribution in [2.75, 3.05) is 25.0 Å². The molecule has 138 valence electrons. The van der Waals surface area contributed by atoms with E-state index in [0.717, 1.165) is 59.2 Å². The summed E-state index contributed by atoms with van der Waals surface area (Å²) in [4.78, 5) is 23.2.